The summed E-state index contributed by atoms with van der Waals surface area (Å²) in [6.07, 6.45) is 8.72. The van der Waals surface area contributed by atoms with E-state index in [1.54, 1.807) is 6.33 Å². The third kappa shape index (κ3) is 3.56. The molecule has 1 atom stereocenters. The quantitative estimate of drug-likeness (QED) is 0.841. The van der Waals surface area contributed by atoms with Gasteiger partial charge in [-0.25, -0.2) is 9.97 Å². The molecule has 1 aromatic heterocycles. The highest BCUT2D eigenvalue weighted by Gasteiger charge is 2.29. The van der Waals surface area contributed by atoms with Crippen LogP contribution < -0.4 is 10.2 Å². The molecule has 3 aliphatic rings. The number of hydrogen-bond acceptors (Lipinski definition) is 5. The number of nitrogens with one attached hydrogen (secondary N) is 1. The zero-order chi connectivity index (χ0) is 18.2. The van der Waals surface area contributed by atoms with Crippen molar-refractivity contribution < 1.29 is 0 Å². The summed E-state index contributed by atoms with van der Waals surface area (Å²) in [6.45, 7) is 1.83. The lowest BCUT2D eigenvalue weighted by atomic mass is 10.0. The molecule has 2 aromatic rings. The Bertz CT molecular complexity index is 901. The lowest BCUT2D eigenvalue weighted by Gasteiger charge is -2.26. The number of halogens is 1. The molecule has 5 rings (SSSR count). The van der Waals surface area contributed by atoms with Crippen LogP contribution in [0.5, 0.6) is 0 Å². The average molecular weight is 380 g/mol. The third-order valence-corrected chi connectivity index (χ3v) is 5.82. The van der Waals surface area contributed by atoms with Crippen molar-refractivity contribution in [3.05, 3.63) is 58.9 Å². The van der Waals surface area contributed by atoms with Gasteiger partial charge in [-0.2, -0.15) is 0 Å². The van der Waals surface area contributed by atoms with Crippen LogP contribution in [0.4, 0.5) is 11.6 Å². The summed E-state index contributed by atoms with van der Waals surface area (Å²) >= 11 is 6.05. The maximum absolute atomic E-state index is 6.05. The van der Waals surface area contributed by atoms with Gasteiger partial charge < -0.3 is 10.2 Å². The summed E-state index contributed by atoms with van der Waals surface area (Å²) in [5.74, 6) is 3.43. The number of anilines is 2. The minimum Gasteiger partial charge on any atom is -0.349 e. The van der Waals surface area contributed by atoms with Crippen LogP contribution in [-0.2, 0) is 0 Å². The minimum atomic E-state index is 0.329. The highest BCUT2D eigenvalue weighted by atomic mass is 35.5. The molecule has 3 heterocycles. The molecule has 0 bridgehead atoms. The van der Waals surface area contributed by atoms with Gasteiger partial charge >= 0.3 is 0 Å². The molecular formula is C21H22ClN5. The van der Waals surface area contributed by atoms with Crippen LogP contribution in [0.15, 0.2) is 53.3 Å². The molecule has 2 fully saturated rings. The van der Waals surface area contributed by atoms with Crippen LogP contribution in [0.2, 0.25) is 5.02 Å². The molecule has 0 spiro atoms. The van der Waals surface area contributed by atoms with Gasteiger partial charge in [0, 0.05) is 17.6 Å². The van der Waals surface area contributed by atoms with E-state index in [1.165, 1.54) is 24.0 Å². The molecule has 5 nitrogen and oxygen atoms in total. The summed E-state index contributed by atoms with van der Waals surface area (Å²) in [7, 11) is 0. The normalized spacial score (nSPS) is 22.0. The number of aliphatic imine (C=N–C) groups is 1. The average Bonchev–Trinajstić information content (AvgIpc) is 3.23. The van der Waals surface area contributed by atoms with E-state index in [2.05, 4.69) is 43.4 Å². The number of hydrogen-bond donors (Lipinski definition) is 1. The summed E-state index contributed by atoms with van der Waals surface area (Å²) in [4.78, 5) is 15.9. The molecule has 2 aliphatic heterocycles. The van der Waals surface area contributed by atoms with Crippen molar-refractivity contribution in [1.29, 1.82) is 0 Å². The molecule has 1 aliphatic carbocycles. The summed E-state index contributed by atoms with van der Waals surface area (Å²) in [5.41, 5.74) is 2.73. The van der Waals surface area contributed by atoms with Crippen LogP contribution in [0, 0.1) is 5.92 Å². The van der Waals surface area contributed by atoms with E-state index < -0.39 is 0 Å². The second-order valence-electron chi connectivity index (χ2n) is 7.48. The first-order chi connectivity index (χ1) is 13.3. The number of benzene rings is 1. The molecule has 1 unspecified atom stereocenters. The topological polar surface area (TPSA) is 53.4 Å². The van der Waals surface area contributed by atoms with Gasteiger partial charge in [0.15, 0.2) is 0 Å². The fourth-order valence-corrected chi connectivity index (χ4v) is 4.12. The Morgan fingerprint density at radius 3 is 2.74 bits per heavy atom. The molecule has 138 valence electrons. The van der Waals surface area contributed by atoms with Gasteiger partial charge in [-0.15, -0.1) is 0 Å². The first-order valence-electron chi connectivity index (χ1n) is 9.62. The predicted molar refractivity (Wildman–Crippen MR) is 110 cm³/mol. The largest absolute Gasteiger partial charge is 0.349 e. The molecule has 1 saturated heterocycles. The fraction of sp³-hybridized carbons (Fsp3) is 0.381. The molecule has 27 heavy (non-hydrogen) atoms. The van der Waals surface area contributed by atoms with E-state index in [0.717, 1.165) is 54.3 Å². The van der Waals surface area contributed by atoms with Crippen LogP contribution in [0.25, 0.3) is 0 Å². The van der Waals surface area contributed by atoms with Crippen molar-refractivity contribution in [1.82, 2.24) is 9.97 Å². The van der Waals surface area contributed by atoms with Gasteiger partial charge in [-0.1, -0.05) is 23.7 Å². The fourth-order valence-electron chi connectivity index (χ4n) is 4.00. The van der Waals surface area contributed by atoms with Gasteiger partial charge in [0.1, 0.15) is 23.8 Å². The first-order valence-corrected chi connectivity index (χ1v) is 10.0. The lowest BCUT2D eigenvalue weighted by Crippen LogP contribution is -2.24. The second kappa shape index (κ2) is 6.97. The zero-order valence-electron chi connectivity index (χ0n) is 15.1. The molecule has 0 amide bonds. The van der Waals surface area contributed by atoms with E-state index >= 15 is 0 Å². The molecule has 0 radical (unpaired) electrons. The Balaban J connectivity index is 1.34. The van der Waals surface area contributed by atoms with E-state index in [1.807, 2.05) is 18.2 Å². The van der Waals surface area contributed by atoms with Crippen molar-refractivity contribution in [3.63, 3.8) is 0 Å². The Labute approximate surface area is 164 Å². The summed E-state index contributed by atoms with van der Waals surface area (Å²) in [5, 5.41) is 4.13. The Morgan fingerprint density at radius 1 is 1.07 bits per heavy atom. The number of aromatic nitrogens is 2. The van der Waals surface area contributed by atoms with Gasteiger partial charge in [0.05, 0.1) is 12.6 Å². The number of amidine groups is 1. The van der Waals surface area contributed by atoms with Crippen LogP contribution in [-0.4, -0.2) is 28.9 Å². The summed E-state index contributed by atoms with van der Waals surface area (Å²) < 4.78 is 0. The Morgan fingerprint density at radius 2 is 1.93 bits per heavy atom. The van der Waals surface area contributed by atoms with E-state index in [-0.39, 0.29) is 0 Å². The highest BCUT2D eigenvalue weighted by Crippen LogP contribution is 2.38. The number of rotatable bonds is 4. The molecule has 1 aromatic carbocycles. The molecule has 1 saturated carbocycles. The summed E-state index contributed by atoms with van der Waals surface area (Å²) in [6, 6.07) is 10.5. The van der Waals surface area contributed by atoms with Crippen molar-refractivity contribution in [3.8, 4) is 0 Å². The van der Waals surface area contributed by atoms with Gasteiger partial charge in [0.25, 0.3) is 0 Å². The monoisotopic (exact) mass is 379 g/mol. The Hall–Kier alpha value is -2.40. The highest BCUT2D eigenvalue weighted by molar-refractivity contribution is 6.30. The van der Waals surface area contributed by atoms with Gasteiger partial charge in [0.2, 0.25) is 0 Å². The van der Waals surface area contributed by atoms with E-state index in [0.29, 0.717) is 6.04 Å². The minimum absolute atomic E-state index is 0.329. The third-order valence-electron chi connectivity index (χ3n) is 5.57. The predicted octanol–water partition coefficient (Wildman–Crippen LogP) is 4.63. The van der Waals surface area contributed by atoms with Crippen LogP contribution in [0.1, 0.15) is 37.3 Å². The van der Waals surface area contributed by atoms with Gasteiger partial charge in [-0.3, -0.25) is 4.99 Å². The Kier molecular flexibility index (Phi) is 4.32. The number of nitrogens with zero attached hydrogens (tertiary/aromatic N) is 4. The van der Waals surface area contributed by atoms with E-state index in [4.69, 9.17) is 11.6 Å². The van der Waals surface area contributed by atoms with Crippen molar-refractivity contribution in [2.75, 3.05) is 23.3 Å². The van der Waals surface area contributed by atoms with E-state index in [9.17, 15) is 0 Å². The SMILES string of the molecule is Clc1ccc(C2CCCN2c2cc(NC3=NCC(C4CC4)=C3)ncn2)cc1. The van der Waals surface area contributed by atoms with Crippen molar-refractivity contribution in [2.45, 2.75) is 31.7 Å². The van der Waals surface area contributed by atoms with Crippen LogP contribution in [0.3, 0.4) is 0 Å². The molecule has 1 N–H and O–H groups in total. The van der Waals surface area contributed by atoms with Gasteiger partial charge in [-0.05, 0) is 60.9 Å². The first kappa shape index (κ1) is 16.8. The zero-order valence-corrected chi connectivity index (χ0v) is 15.9. The second-order valence-corrected chi connectivity index (χ2v) is 7.92. The lowest BCUT2D eigenvalue weighted by molar-refractivity contribution is 0.711. The standard InChI is InChI=1S/C21H22ClN5/c22-17-7-5-15(6-8-17)18-2-1-9-27(18)21-11-20(24-13-25-21)26-19-10-16(12-23-19)14-3-4-14/h5-8,10-11,13-14,18H,1-4,9,12H2,(H,23,24,25,26). The molecular weight excluding hydrogens is 358 g/mol. The maximum atomic E-state index is 6.05. The maximum Gasteiger partial charge on any atom is 0.137 e. The molecule has 6 heteroatoms. The van der Waals surface area contributed by atoms with Crippen molar-refractivity contribution in [2.24, 2.45) is 10.9 Å². The smallest absolute Gasteiger partial charge is 0.137 e. The van der Waals surface area contributed by atoms with Crippen LogP contribution >= 0.6 is 11.6 Å². The van der Waals surface area contributed by atoms with Crippen molar-refractivity contribution >= 4 is 29.1 Å².